The number of hydrogen-bond acceptors (Lipinski definition) is 10. The number of phenolic OH excluding ortho intramolecular Hbond substituents is 1. The van der Waals surface area contributed by atoms with Crippen LogP contribution in [0, 0.1) is 0 Å². The average molecular weight is 907 g/mol. The van der Waals surface area contributed by atoms with E-state index in [-0.39, 0.29) is 42.6 Å². The summed E-state index contributed by atoms with van der Waals surface area (Å²) < 4.78 is 25.8. The molecular weight excluding hydrogens is 849 g/mol. The van der Waals surface area contributed by atoms with Crippen LogP contribution in [-0.2, 0) is 52.0 Å². The second kappa shape index (κ2) is 21.6. The van der Waals surface area contributed by atoms with Crippen LogP contribution < -0.4 is 5.32 Å². The van der Waals surface area contributed by atoms with E-state index in [0.29, 0.717) is 23.1 Å². The smallest absolute Gasteiger partial charge is 0.339 e. The molecule has 0 spiro atoms. The Labute approximate surface area is 391 Å². The summed E-state index contributed by atoms with van der Waals surface area (Å²) in [7, 11) is 1.54. The van der Waals surface area contributed by atoms with Gasteiger partial charge in [-0.05, 0) is 68.5 Å². The molecule has 67 heavy (non-hydrogen) atoms. The van der Waals surface area contributed by atoms with Gasteiger partial charge in [0.05, 0.1) is 18.2 Å². The minimum absolute atomic E-state index is 0.0367. The second-order valence-corrected chi connectivity index (χ2v) is 17.8. The number of aliphatic hydroxyl groups excluding tert-OH is 1. The fourth-order valence-electron chi connectivity index (χ4n) is 8.41. The van der Waals surface area contributed by atoms with Crippen molar-refractivity contribution in [3.8, 4) is 5.75 Å². The lowest BCUT2D eigenvalue weighted by Gasteiger charge is -2.34. The molecule has 0 radical (unpaired) electrons. The van der Waals surface area contributed by atoms with Gasteiger partial charge in [-0.1, -0.05) is 140 Å². The number of esters is 2. The lowest BCUT2D eigenvalue weighted by atomic mass is 9.90. The first-order valence-electron chi connectivity index (χ1n) is 22.6. The molecular formula is C55H58N2O10. The molecule has 0 saturated carbocycles. The van der Waals surface area contributed by atoms with Crippen LogP contribution in [0.1, 0.15) is 78.2 Å². The number of carbonyl (C=O) groups is 4. The van der Waals surface area contributed by atoms with Crippen molar-refractivity contribution in [2.24, 2.45) is 0 Å². The number of benzene rings is 5. The summed E-state index contributed by atoms with van der Waals surface area (Å²) in [4.78, 5) is 57.5. The van der Waals surface area contributed by atoms with Gasteiger partial charge in [0.2, 0.25) is 17.6 Å². The first-order chi connectivity index (χ1) is 32.2. The van der Waals surface area contributed by atoms with Crippen molar-refractivity contribution in [3.63, 3.8) is 0 Å². The van der Waals surface area contributed by atoms with E-state index in [1.165, 1.54) is 4.90 Å². The largest absolute Gasteiger partial charge is 0.508 e. The summed E-state index contributed by atoms with van der Waals surface area (Å²) in [6, 6.07) is 40.4. The number of fused-ring (bicyclic) bond motifs is 1. The van der Waals surface area contributed by atoms with E-state index >= 15 is 0 Å². The van der Waals surface area contributed by atoms with Crippen LogP contribution in [-0.4, -0.2) is 88.5 Å². The molecule has 3 N–H and O–H groups in total. The lowest BCUT2D eigenvalue weighted by molar-refractivity contribution is -0.157. The summed E-state index contributed by atoms with van der Waals surface area (Å²) in [5, 5.41) is 23.5. The third-order valence-electron chi connectivity index (χ3n) is 11.8. The molecule has 0 aromatic heterocycles. The summed E-state index contributed by atoms with van der Waals surface area (Å²) >= 11 is 0. The highest BCUT2D eigenvalue weighted by Gasteiger charge is 2.55. The quantitative estimate of drug-likeness (QED) is 0.0784. The Balaban J connectivity index is 1.20. The number of phenols is 1. The second-order valence-electron chi connectivity index (χ2n) is 17.8. The van der Waals surface area contributed by atoms with Crippen LogP contribution in [0.5, 0.6) is 5.75 Å². The Morgan fingerprint density at radius 1 is 0.836 bits per heavy atom. The molecule has 5 unspecified atom stereocenters. The Morgan fingerprint density at radius 2 is 1.45 bits per heavy atom. The molecule has 1 heterocycles. The molecule has 7 rings (SSSR count). The number of nitrogens with zero attached hydrogens (tertiary/aromatic N) is 1. The Kier molecular flexibility index (Phi) is 15.5. The molecule has 5 aromatic rings. The van der Waals surface area contributed by atoms with Crippen LogP contribution in [0.15, 0.2) is 157 Å². The highest BCUT2D eigenvalue weighted by Crippen LogP contribution is 2.47. The number of carbonyl (C=O) groups excluding carboxylic acids is 4. The van der Waals surface area contributed by atoms with Gasteiger partial charge in [-0.2, -0.15) is 0 Å². The molecule has 1 fully saturated rings. The van der Waals surface area contributed by atoms with Crippen LogP contribution in [0.4, 0.5) is 0 Å². The number of aliphatic hydroxyl groups is 1. The van der Waals surface area contributed by atoms with Gasteiger partial charge in [0.25, 0.3) is 0 Å². The predicted octanol–water partition coefficient (Wildman–Crippen LogP) is 7.86. The zero-order valence-electron chi connectivity index (χ0n) is 38.2. The van der Waals surface area contributed by atoms with Gasteiger partial charge in [-0.3, -0.25) is 14.4 Å². The zero-order chi connectivity index (χ0) is 47.6. The standard InChI is InChI=1S/C55H58N2O10/c1-54(2,3)66-49(60)32-31-43(36-58)56-51(61)45(33-37-19-8-5-9-20-37)57(4)52(62)40-34-47(64-53(63)44-29-16-14-21-38(44)23-18-24-39-22-15-17-30-46(39)59)50-48(35-40)65-55(67-50,41-25-10-6-11-26-41)42-27-12-7-13-28-42/h5-23,25-30,35,43,45,47-48,50,58-59H,24,31-34,36H2,1-4H3,(H,56,61). The van der Waals surface area contributed by atoms with Gasteiger partial charge in [-0.15, -0.1) is 0 Å². The van der Waals surface area contributed by atoms with Gasteiger partial charge in [-0.25, -0.2) is 4.79 Å². The third kappa shape index (κ3) is 11.9. The highest BCUT2D eigenvalue weighted by atomic mass is 16.8. The van der Waals surface area contributed by atoms with E-state index < -0.39 is 72.1 Å². The first kappa shape index (κ1) is 48.1. The molecule has 1 aliphatic carbocycles. The van der Waals surface area contributed by atoms with Crippen molar-refractivity contribution in [2.45, 2.75) is 94.7 Å². The summed E-state index contributed by atoms with van der Waals surface area (Å²) in [6.07, 6.45) is 3.15. The minimum Gasteiger partial charge on any atom is -0.508 e. The molecule has 5 atom stereocenters. The van der Waals surface area contributed by atoms with Crippen molar-refractivity contribution in [3.05, 3.63) is 191 Å². The molecule has 0 bridgehead atoms. The van der Waals surface area contributed by atoms with E-state index in [1.807, 2.05) is 115 Å². The Hall–Kier alpha value is -6.86. The normalized spacial score (nSPS) is 18.5. The van der Waals surface area contributed by atoms with E-state index in [9.17, 15) is 29.4 Å². The molecule has 348 valence electrons. The van der Waals surface area contributed by atoms with Gasteiger partial charge in [0.15, 0.2) is 0 Å². The number of allylic oxidation sites excluding steroid dienone is 1. The maximum atomic E-state index is 14.9. The average Bonchev–Trinajstić information content (AvgIpc) is 3.74. The van der Waals surface area contributed by atoms with Crippen molar-refractivity contribution in [2.75, 3.05) is 13.7 Å². The van der Waals surface area contributed by atoms with Crippen molar-refractivity contribution in [1.29, 1.82) is 0 Å². The maximum absolute atomic E-state index is 14.9. The molecule has 1 saturated heterocycles. The van der Waals surface area contributed by atoms with E-state index in [0.717, 1.165) is 11.1 Å². The summed E-state index contributed by atoms with van der Waals surface area (Å²) in [6.45, 7) is 4.85. The molecule has 5 aromatic carbocycles. The van der Waals surface area contributed by atoms with Crippen molar-refractivity contribution in [1.82, 2.24) is 10.2 Å². The van der Waals surface area contributed by atoms with Crippen LogP contribution >= 0.6 is 0 Å². The van der Waals surface area contributed by atoms with E-state index in [1.54, 1.807) is 70.3 Å². The number of nitrogens with one attached hydrogen (secondary N) is 1. The van der Waals surface area contributed by atoms with Gasteiger partial charge in [0, 0.05) is 43.0 Å². The van der Waals surface area contributed by atoms with Crippen LogP contribution in [0.2, 0.25) is 0 Å². The zero-order valence-corrected chi connectivity index (χ0v) is 38.2. The molecule has 1 aliphatic heterocycles. The summed E-state index contributed by atoms with van der Waals surface area (Å²) in [5.74, 6) is -3.40. The number of hydrogen-bond donors (Lipinski definition) is 3. The third-order valence-corrected chi connectivity index (χ3v) is 11.8. The first-order valence-corrected chi connectivity index (χ1v) is 22.6. The fraction of sp³-hybridized carbons (Fsp3) is 0.309. The van der Waals surface area contributed by atoms with E-state index in [2.05, 4.69) is 5.32 Å². The van der Waals surface area contributed by atoms with Gasteiger partial charge < -0.3 is 39.4 Å². The van der Waals surface area contributed by atoms with E-state index in [4.69, 9.17) is 18.9 Å². The van der Waals surface area contributed by atoms with Crippen molar-refractivity contribution < 1.29 is 48.3 Å². The number of rotatable bonds is 17. The molecule has 12 nitrogen and oxygen atoms in total. The topological polar surface area (TPSA) is 161 Å². The van der Waals surface area contributed by atoms with Crippen molar-refractivity contribution >= 4 is 29.8 Å². The SMILES string of the molecule is CN(C(=O)C1=CC2OC(c3ccccc3)(c3ccccc3)OC2C(OC(=O)c2ccccc2C=CCc2ccccc2O)C1)C(Cc1ccccc1)C(=O)NC(CO)CCC(=O)OC(C)(C)C. The Bertz CT molecular complexity index is 2520. The molecule has 2 amide bonds. The van der Waals surface area contributed by atoms with Gasteiger partial charge >= 0.3 is 11.9 Å². The highest BCUT2D eigenvalue weighted by molar-refractivity contribution is 5.98. The Morgan fingerprint density at radius 3 is 2.09 bits per heavy atom. The van der Waals surface area contributed by atoms with Crippen LogP contribution in [0.3, 0.4) is 0 Å². The fourth-order valence-corrected chi connectivity index (χ4v) is 8.41. The number of aromatic hydroxyl groups is 1. The predicted molar refractivity (Wildman–Crippen MR) is 253 cm³/mol. The number of ether oxygens (including phenoxy) is 4. The number of amides is 2. The van der Waals surface area contributed by atoms with Gasteiger partial charge in [0.1, 0.15) is 35.7 Å². The number of para-hydroxylation sites is 1. The molecule has 2 aliphatic rings. The summed E-state index contributed by atoms with van der Waals surface area (Å²) in [5.41, 5.74) is 3.34. The minimum atomic E-state index is -1.44. The maximum Gasteiger partial charge on any atom is 0.339 e. The molecule has 12 heteroatoms. The lowest BCUT2D eigenvalue weighted by Crippen LogP contribution is -2.53. The van der Waals surface area contributed by atoms with Crippen LogP contribution in [0.25, 0.3) is 6.08 Å². The monoisotopic (exact) mass is 906 g/mol. The number of likely N-dealkylation sites (N-methyl/N-ethyl adjacent to an activating group) is 1.